The molecule has 1 aromatic rings. The third-order valence-electron chi connectivity index (χ3n) is 4.36. The van der Waals surface area contributed by atoms with E-state index in [1.807, 2.05) is 30.3 Å². The van der Waals surface area contributed by atoms with Crippen LogP contribution in [0, 0.1) is 5.92 Å². The van der Waals surface area contributed by atoms with E-state index in [0.717, 1.165) is 18.4 Å². The smallest absolute Gasteiger partial charge is 0.323 e. The van der Waals surface area contributed by atoms with Crippen molar-refractivity contribution in [2.75, 3.05) is 13.1 Å². The van der Waals surface area contributed by atoms with Crippen LogP contribution in [0.1, 0.15) is 24.8 Å². The molecular weight excluding hydrogens is 296 g/mol. The number of carbonyl (C=O) groups excluding carboxylic acids is 2. The van der Waals surface area contributed by atoms with Crippen LogP contribution in [0.3, 0.4) is 0 Å². The monoisotopic (exact) mass is 316 g/mol. The molecule has 23 heavy (non-hydrogen) atoms. The molecule has 2 amide bonds. The number of hydrogen-bond donors (Lipinski definition) is 1. The van der Waals surface area contributed by atoms with Gasteiger partial charge in [-0.3, -0.25) is 14.4 Å². The van der Waals surface area contributed by atoms with Crippen molar-refractivity contribution >= 4 is 17.8 Å². The second kappa shape index (κ2) is 6.40. The van der Waals surface area contributed by atoms with Crippen molar-refractivity contribution in [3.05, 3.63) is 35.9 Å². The van der Waals surface area contributed by atoms with E-state index in [-0.39, 0.29) is 30.8 Å². The molecule has 1 saturated carbocycles. The van der Waals surface area contributed by atoms with E-state index in [1.54, 1.807) is 4.90 Å². The average molecular weight is 316 g/mol. The number of carboxylic acids is 1. The molecule has 0 aromatic heterocycles. The van der Waals surface area contributed by atoms with E-state index >= 15 is 0 Å². The lowest BCUT2D eigenvalue weighted by molar-refractivity contribution is -0.146. The summed E-state index contributed by atoms with van der Waals surface area (Å²) in [4.78, 5) is 38.8. The zero-order valence-electron chi connectivity index (χ0n) is 12.9. The van der Waals surface area contributed by atoms with E-state index < -0.39 is 11.9 Å². The van der Waals surface area contributed by atoms with Crippen LogP contribution in [0.4, 0.5) is 0 Å². The molecule has 6 nitrogen and oxygen atoms in total. The topological polar surface area (TPSA) is 77.9 Å². The molecule has 1 aliphatic heterocycles. The van der Waals surface area contributed by atoms with Gasteiger partial charge in [0.25, 0.3) is 0 Å². The Morgan fingerprint density at radius 1 is 1.22 bits per heavy atom. The zero-order chi connectivity index (χ0) is 16.4. The fraction of sp³-hybridized carbons (Fsp3) is 0.471. The lowest BCUT2D eigenvalue weighted by Crippen LogP contribution is -2.42. The Morgan fingerprint density at radius 3 is 2.52 bits per heavy atom. The predicted octanol–water partition coefficient (Wildman–Crippen LogP) is 1.11. The summed E-state index contributed by atoms with van der Waals surface area (Å²) >= 11 is 0. The van der Waals surface area contributed by atoms with Gasteiger partial charge in [0.2, 0.25) is 11.8 Å². The molecular formula is C17H20N2O4. The van der Waals surface area contributed by atoms with E-state index in [0.29, 0.717) is 13.1 Å². The van der Waals surface area contributed by atoms with Gasteiger partial charge < -0.3 is 14.9 Å². The van der Waals surface area contributed by atoms with Gasteiger partial charge in [0.05, 0.1) is 5.92 Å². The number of aliphatic carboxylic acids is 1. The van der Waals surface area contributed by atoms with Gasteiger partial charge in [-0.2, -0.15) is 0 Å². The summed E-state index contributed by atoms with van der Waals surface area (Å²) in [6.07, 6.45) is 1.88. The van der Waals surface area contributed by atoms with Gasteiger partial charge in [0.15, 0.2) is 0 Å². The molecule has 0 radical (unpaired) electrons. The minimum atomic E-state index is -1.00. The van der Waals surface area contributed by atoms with Gasteiger partial charge in [-0.05, 0) is 18.4 Å². The summed E-state index contributed by atoms with van der Waals surface area (Å²) in [7, 11) is 0. The quantitative estimate of drug-likeness (QED) is 0.853. The predicted molar refractivity (Wildman–Crippen MR) is 82.3 cm³/mol. The first-order valence-corrected chi connectivity index (χ1v) is 7.88. The van der Waals surface area contributed by atoms with Crippen LogP contribution in [0.15, 0.2) is 30.3 Å². The molecule has 1 heterocycles. The first-order valence-electron chi connectivity index (χ1n) is 7.88. The second-order valence-electron chi connectivity index (χ2n) is 6.25. The third kappa shape index (κ3) is 3.70. The SMILES string of the molecule is O=C(O)CN(C(=O)[C@@H]1CC(=O)N(Cc2ccccc2)C1)C1CC1. The molecule has 2 aliphatic rings. The van der Waals surface area contributed by atoms with Gasteiger partial charge in [-0.25, -0.2) is 0 Å². The highest BCUT2D eigenvalue weighted by Crippen LogP contribution is 2.30. The molecule has 0 spiro atoms. The van der Waals surface area contributed by atoms with Gasteiger partial charge in [-0.1, -0.05) is 30.3 Å². The fourth-order valence-electron chi connectivity index (χ4n) is 3.05. The maximum Gasteiger partial charge on any atom is 0.323 e. The number of likely N-dealkylation sites (tertiary alicyclic amines) is 1. The van der Waals surface area contributed by atoms with Crippen molar-refractivity contribution in [1.29, 1.82) is 0 Å². The maximum atomic E-state index is 12.6. The molecule has 6 heteroatoms. The van der Waals surface area contributed by atoms with Crippen molar-refractivity contribution in [3.63, 3.8) is 0 Å². The van der Waals surface area contributed by atoms with Crippen LogP contribution in [0.25, 0.3) is 0 Å². The summed E-state index contributed by atoms with van der Waals surface area (Å²) < 4.78 is 0. The molecule has 0 bridgehead atoms. The van der Waals surface area contributed by atoms with Crippen molar-refractivity contribution in [2.24, 2.45) is 5.92 Å². The Balaban J connectivity index is 1.64. The highest BCUT2D eigenvalue weighted by molar-refractivity contribution is 5.91. The number of carboxylic acid groups (broad SMARTS) is 1. The van der Waals surface area contributed by atoms with Crippen molar-refractivity contribution in [3.8, 4) is 0 Å². The number of benzene rings is 1. The van der Waals surface area contributed by atoms with Crippen molar-refractivity contribution in [1.82, 2.24) is 9.80 Å². The molecule has 1 saturated heterocycles. The minimum absolute atomic E-state index is 0.0388. The summed E-state index contributed by atoms with van der Waals surface area (Å²) in [5.41, 5.74) is 1.03. The third-order valence-corrected chi connectivity index (χ3v) is 4.36. The van der Waals surface area contributed by atoms with Crippen LogP contribution in [0.2, 0.25) is 0 Å². The Labute approximate surface area is 134 Å². The van der Waals surface area contributed by atoms with Gasteiger partial charge in [-0.15, -0.1) is 0 Å². The number of carbonyl (C=O) groups is 3. The molecule has 1 N–H and O–H groups in total. The molecule has 3 rings (SSSR count). The maximum absolute atomic E-state index is 12.6. The van der Waals surface area contributed by atoms with Crippen molar-refractivity contribution in [2.45, 2.75) is 31.8 Å². The number of rotatable bonds is 6. The fourth-order valence-corrected chi connectivity index (χ4v) is 3.05. The molecule has 122 valence electrons. The van der Waals surface area contributed by atoms with E-state index in [9.17, 15) is 14.4 Å². The van der Waals surface area contributed by atoms with E-state index in [4.69, 9.17) is 5.11 Å². The lowest BCUT2D eigenvalue weighted by atomic mass is 10.1. The first kappa shape index (κ1) is 15.5. The molecule has 0 unspecified atom stereocenters. The van der Waals surface area contributed by atoms with Gasteiger partial charge in [0.1, 0.15) is 6.54 Å². The van der Waals surface area contributed by atoms with Crippen LogP contribution >= 0.6 is 0 Å². The van der Waals surface area contributed by atoms with Crippen LogP contribution in [-0.2, 0) is 20.9 Å². The average Bonchev–Trinajstić information content (AvgIpc) is 3.30. The van der Waals surface area contributed by atoms with E-state index in [1.165, 1.54) is 4.90 Å². The van der Waals surface area contributed by atoms with Gasteiger partial charge >= 0.3 is 5.97 Å². The Bertz CT molecular complexity index is 612. The summed E-state index contributed by atoms with van der Waals surface area (Å²) in [6.45, 7) is 0.591. The molecule has 1 aliphatic carbocycles. The summed E-state index contributed by atoms with van der Waals surface area (Å²) in [6, 6.07) is 9.69. The lowest BCUT2D eigenvalue weighted by Gasteiger charge is -2.23. The summed E-state index contributed by atoms with van der Waals surface area (Å²) in [5, 5.41) is 8.98. The zero-order valence-corrected chi connectivity index (χ0v) is 12.9. The Morgan fingerprint density at radius 2 is 1.91 bits per heavy atom. The number of hydrogen-bond acceptors (Lipinski definition) is 3. The number of nitrogens with zero attached hydrogens (tertiary/aromatic N) is 2. The normalized spacial score (nSPS) is 20.6. The molecule has 2 fully saturated rings. The minimum Gasteiger partial charge on any atom is -0.480 e. The van der Waals surface area contributed by atoms with Crippen LogP contribution in [0.5, 0.6) is 0 Å². The largest absolute Gasteiger partial charge is 0.480 e. The van der Waals surface area contributed by atoms with Crippen LogP contribution < -0.4 is 0 Å². The van der Waals surface area contributed by atoms with Gasteiger partial charge in [0, 0.05) is 25.6 Å². The number of amides is 2. The van der Waals surface area contributed by atoms with Crippen LogP contribution in [-0.4, -0.2) is 51.8 Å². The molecule has 1 atom stereocenters. The standard InChI is InChI=1S/C17H20N2O4/c20-15-8-13(10-18(15)9-12-4-2-1-3-5-12)17(23)19(11-16(21)22)14-6-7-14/h1-5,13-14H,6-11H2,(H,21,22)/t13-/m1/s1. The highest BCUT2D eigenvalue weighted by atomic mass is 16.4. The Kier molecular flexibility index (Phi) is 4.32. The van der Waals surface area contributed by atoms with E-state index in [2.05, 4.69) is 0 Å². The highest BCUT2D eigenvalue weighted by Gasteiger charge is 2.41. The Hall–Kier alpha value is -2.37. The molecule has 1 aromatic carbocycles. The van der Waals surface area contributed by atoms with Crippen molar-refractivity contribution < 1.29 is 19.5 Å². The summed E-state index contributed by atoms with van der Waals surface area (Å²) in [5.74, 6) is -1.67. The first-order chi connectivity index (χ1) is 11.0. The second-order valence-corrected chi connectivity index (χ2v) is 6.25.